The lowest BCUT2D eigenvalue weighted by Crippen LogP contribution is -2.34. The molecular formula is C12H19ClN4. The predicted molar refractivity (Wildman–Crippen MR) is 72.4 cm³/mol. The van der Waals surface area contributed by atoms with Gasteiger partial charge in [-0.3, -0.25) is 4.90 Å². The summed E-state index contributed by atoms with van der Waals surface area (Å²) in [7, 11) is 0. The molecular weight excluding hydrogens is 236 g/mol. The number of halogens is 1. The molecule has 94 valence electrons. The molecule has 0 amide bonds. The van der Waals surface area contributed by atoms with E-state index in [1.165, 1.54) is 19.4 Å². The number of aromatic nitrogens is 1. The summed E-state index contributed by atoms with van der Waals surface area (Å²) in [5.74, 6) is 0.762. The van der Waals surface area contributed by atoms with Gasteiger partial charge in [0.2, 0.25) is 0 Å². The summed E-state index contributed by atoms with van der Waals surface area (Å²) in [5.41, 5.74) is 6.37. The Hall–Kier alpha value is -1.00. The Balaban J connectivity index is 1.93. The average molecular weight is 255 g/mol. The van der Waals surface area contributed by atoms with Gasteiger partial charge in [0.05, 0.1) is 0 Å². The normalized spacial score (nSPS) is 20.7. The minimum atomic E-state index is 0.436. The zero-order chi connectivity index (χ0) is 12.3. The van der Waals surface area contributed by atoms with Crippen LogP contribution in [-0.4, -0.2) is 35.6 Å². The maximum absolute atomic E-state index is 5.86. The molecule has 1 aliphatic heterocycles. The Morgan fingerprint density at radius 1 is 1.59 bits per heavy atom. The molecule has 5 heteroatoms. The van der Waals surface area contributed by atoms with Gasteiger partial charge < -0.3 is 11.1 Å². The second-order valence-corrected chi connectivity index (χ2v) is 4.80. The first-order chi connectivity index (χ1) is 8.19. The first-order valence-corrected chi connectivity index (χ1v) is 6.48. The Kier molecular flexibility index (Phi) is 4.07. The molecule has 4 nitrogen and oxygen atoms in total. The van der Waals surface area contributed by atoms with Gasteiger partial charge >= 0.3 is 0 Å². The summed E-state index contributed by atoms with van der Waals surface area (Å²) in [4.78, 5) is 6.69. The number of nitrogens with two attached hydrogens (primary N) is 1. The van der Waals surface area contributed by atoms with Crippen LogP contribution in [-0.2, 0) is 0 Å². The van der Waals surface area contributed by atoms with Crippen molar-refractivity contribution in [3.8, 4) is 0 Å². The highest BCUT2D eigenvalue weighted by molar-refractivity contribution is 6.29. The highest BCUT2D eigenvalue weighted by atomic mass is 35.5. The van der Waals surface area contributed by atoms with Gasteiger partial charge in [0, 0.05) is 24.3 Å². The van der Waals surface area contributed by atoms with Crippen molar-refractivity contribution >= 4 is 23.1 Å². The second-order valence-electron chi connectivity index (χ2n) is 4.41. The number of nitrogens with one attached hydrogen (secondary N) is 1. The van der Waals surface area contributed by atoms with Crippen LogP contribution < -0.4 is 11.1 Å². The van der Waals surface area contributed by atoms with Crippen molar-refractivity contribution in [3.63, 3.8) is 0 Å². The van der Waals surface area contributed by atoms with E-state index in [0.717, 1.165) is 18.9 Å². The molecule has 2 rings (SSSR count). The Morgan fingerprint density at radius 2 is 2.41 bits per heavy atom. The van der Waals surface area contributed by atoms with Gasteiger partial charge in [-0.2, -0.15) is 0 Å². The monoisotopic (exact) mass is 254 g/mol. The van der Waals surface area contributed by atoms with Gasteiger partial charge in [-0.15, -0.1) is 0 Å². The van der Waals surface area contributed by atoms with Crippen LogP contribution in [0.25, 0.3) is 0 Å². The van der Waals surface area contributed by atoms with E-state index in [1.54, 1.807) is 6.07 Å². The summed E-state index contributed by atoms with van der Waals surface area (Å²) in [5, 5.41) is 3.75. The third kappa shape index (κ3) is 3.23. The minimum absolute atomic E-state index is 0.436. The number of nitrogen functional groups attached to an aromatic ring is 1. The van der Waals surface area contributed by atoms with E-state index in [4.69, 9.17) is 17.3 Å². The number of likely N-dealkylation sites (tertiary alicyclic amines) is 1. The molecule has 1 aromatic heterocycles. The standard InChI is InChI=1S/C12H19ClN4/c1-2-17-5-3-4-10(17)8-15-12-7-9(14)6-11(13)16-12/h6-7,10H,2-5,8H2,1H3,(H3,14,15,16). The summed E-state index contributed by atoms with van der Waals surface area (Å²) in [6.07, 6.45) is 2.53. The van der Waals surface area contributed by atoms with E-state index >= 15 is 0 Å². The van der Waals surface area contributed by atoms with E-state index in [-0.39, 0.29) is 0 Å². The van der Waals surface area contributed by atoms with Gasteiger partial charge in [0.1, 0.15) is 11.0 Å². The lowest BCUT2D eigenvalue weighted by atomic mass is 10.2. The van der Waals surface area contributed by atoms with Crippen LogP contribution in [0.2, 0.25) is 5.15 Å². The number of rotatable bonds is 4. The first-order valence-electron chi connectivity index (χ1n) is 6.10. The quantitative estimate of drug-likeness (QED) is 0.809. The highest BCUT2D eigenvalue weighted by Gasteiger charge is 2.22. The molecule has 1 atom stereocenters. The highest BCUT2D eigenvalue weighted by Crippen LogP contribution is 2.19. The zero-order valence-electron chi connectivity index (χ0n) is 10.1. The molecule has 1 aromatic rings. The van der Waals surface area contributed by atoms with Gasteiger partial charge in [0.25, 0.3) is 0 Å². The Morgan fingerprint density at radius 3 is 3.12 bits per heavy atom. The third-order valence-electron chi connectivity index (χ3n) is 3.24. The molecule has 0 aromatic carbocycles. The maximum atomic E-state index is 5.86. The molecule has 1 fully saturated rings. The second kappa shape index (κ2) is 5.56. The summed E-state index contributed by atoms with van der Waals surface area (Å²) in [6, 6.07) is 4.07. The fourth-order valence-corrected chi connectivity index (χ4v) is 2.59. The van der Waals surface area contributed by atoms with Crippen molar-refractivity contribution in [1.82, 2.24) is 9.88 Å². The van der Waals surface area contributed by atoms with Crippen LogP contribution in [0.15, 0.2) is 12.1 Å². The third-order valence-corrected chi connectivity index (χ3v) is 3.43. The van der Waals surface area contributed by atoms with E-state index in [9.17, 15) is 0 Å². The van der Waals surface area contributed by atoms with Gasteiger partial charge in [-0.1, -0.05) is 18.5 Å². The smallest absolute Gasteiger partial charge is 0.133 e. The lowest BCUT2D eigenvalue weighted by molar-refractivity contribution is 0.277. The summed E-state index contributed by atoms with van der Waals surface area (Å²) >= 11 is 5.86. The number of nitrogens with zero attached hydrogens (tertiary/aromatic N) is 2. The lowest BCUT2D eigenvalue weighted by Gasteiger charge is -2.23. The van der Waals surface area contributed by atoms with Crippen molar-refractivity contribution in [2.24, 2.45) is 0 Å². The van der Waals surface area contributed by atoms with Crippen molar-refractivity contribution in [2.45, 2.75) is 25.8 Å². The minimum Gasteiger partial charge on any atom is -0.399 e. The van der Waals surface area contributed by atoms with E-state index in [2.05, 4.69) is 22.1 Å². The maximum Gasteiger partial charge on any atom is 0.133 e. The van der Waals surface area contributed by atoms with E-state index < -0.39 is 0 Å². The Bertz CT molecular complexity index is 363. The van der Waals surface area contributed by atoms with Gasteiger partial charge in [-0.05, 0) is 32.0 Å². The largest absolute Gasteiger partial charge is 0.399 e. The number of likely N-dealkylation sites (N-methyl/N-ethyl adjacent to an activating group) is 1. The van der Waals surface area contributed by atoms with Crippen LogP contribution in [0.1, 0.15) is 19.8 Å². The molecule has 0 saturated carbocycles. The molecule has 1 unspecified atom stereocenters. The average Bonchev–Trinajstić information content (AvgIpc) is 2.72. The molecule has 1 aliphatic rings. The van der Waals surface area contributed by atoms with Gasteiger partial charge in [-0.25, -0.2) is 4.98 Å². The molecule has 17 heavy (non-hydrogen) atoms. The van der Waals surface area contributed by atoms with Crippen LogP contribution in [0, 0.1) is 0 Å². The number of anilines is 2. The van der Waals surface area contributed by atoms with E-state index in [1.807, 2.05) is 6.07 Å². The topological polar surface area (TPSA) is 54.2 Å². The number of hydrogen-bond acceptors (Lipinski definition) is 4. The fraction of sp³-hybridized carbons (Fsp3) is 0.583. The fourth-order valence-electron chi connectivity index (χ4n) is 2.37. The molecule has 3 N–H and O–H groups in total. The van der Waals surface area contributed by atoms with Gasteiger partial charge in [0.15, 0.2) is 0 Å². The van der Waals surface area contributed by atoms with Crippen LogP contribution in [0.3, 0.4) is 0 Å². The predicted octanol–water partition coefficient (Wildman–Crippen LogP) is 2.21. The molecule has 1 saturated heterocycles. The Labute approximate surface area is 107 Å². The molecule has 2 heterocycles. The van der Waals surface area contributed by atoms with Crippen molar-refractivity contribution in [3.05, 3.63) is 17.3 Å². The summed E-state index contributed by atoms with van der Waals surface area (Å²) in [6.45, 7) is 5.42. The number of hydrogen-bond donors (Lipinski definition) is 2. The molecule has 0 bridgehead atoms. The van der Waals surface area contributed by atoms with Crippen LogP contribution in [0.4, 0.5) is 11.5 Å². The molecule has 0 aliphatic carbocycles. The van der Waals surface area contributed by atoms with Crippen molar-refractivity contribution in [2.75, 3.05) is 30.7 Å². The summed E-state index contributed by atoms with van der Waals surface area (Å²) < 4.78 is 0. The van der Waals surface area contributed by atoms with Crippen molar-refractivity contribution in [1.29, 1.82) is 0 Å². The van der Waals surface area contributed by atoms with Crippen LogP contribution in [0.5, 0.6) is 0 Å². The van der Waals surface area contributed by atoms with E-state index in [0.29, 0.717) is 16.9 Å². The van der Waals surface area contributed by atoms with Crippen LogP contribution >= 0.6 is 11.6 Å². The SMILES string of the molecule is CCN1CCCC1CNc1cc(N)cc(Cl)n1. The first kappa shape index (κ1) is 12.5. The molecule has 0 radical (unpaired) electrons. The number of pyridine rings is 1. The van der Waals surface area contributed by atoms with Crippen molar-refractivity contribution < 1.29 is 0 Å². The zero-order valence-corrected chi connectivity index (χ0v) is 10.9. The molecule has 0 spiro atoms.